The van der Waals surface area contributed by atoms with Crippen molar-refractivity contribution in [3.05, 3.63) is 88.1 Å². The SMILES string of the molecule is Cc1cc(C)c(-n2c3ncccc3n3c(CN(C)Cc4ccncc4)c(C)nc23)c(Cl)c1. The highest BCUT2D eigenvalue weighted by molar-refractivity contribution is 6.32. The first-order valence-electron chi connectivity index (χ1n) is 10.6. The van der Waals surface area contributed by atoms with Crippen LogP contribution >= 0.6 is 11.6 Å². The predicted octanol–water partition coefficient (Wildman–Crippen LogP) is 5.28. The molecule has 0 aliphatic rings. The minimum Gasteiger partial charge on any atom is -0.296 e. The summed E-state index contributed by atoms with van der Waals surface area (Å²) in [6, 6.07) is 12.3. The average Bonchev–Trinajstić information content (AvgIpc) is 3.22. The number of hydrogen-bond donors (Lipinski definition) is 0. The Morgan fingerprint density at radius 1 is 1.00 bits per heavy atom. The summed E-state index contributed by atoms with van der Waals surface area (Å²) >= 11 is 6.75. The topological polar surface area (TPSA) is 51.2 Å². The van der Waals surface area contributed by atoms with E-state index in [4.69, 9.17) is 21.6 Å². The molecule has 0 spiro atoms. The lowest BCUT2D eigenvalue weighted by molar-refractivity contribution is 0.314. The maximum absolute atomic E-state index is 6.75. The molecule has 4 heterocycles. The number of nitrogens with zero attached hydrogens (tertiary/aromatic N) is 6. The third-order valence-electron chi connectivity index (χ3n) is 5.82. The summed E-state index contributed by atoms with van der Waals surface area (Å²) < 4.78 is 4.31. The Morgan fingerprint density at radius 3 is 2.53 bits per heavy atom. The molecule has 0 N–H and O–H groups in total. The van der Waals surface area contributed by atoms with E-state index >= 15 is 0 Å². The summed E-state index contributed by atoms with van der Waals surface area (Å²) in [5.41, 5.74) is 8.40. The van der Waals surface area contributed by atoms with E-state index in [-0.39, 0.29) is 0 Å². The maximum atomic E-state index is 6.75. The Morgan fingerprint density at radius 2 is 1.78 bits per heavy atom. The van der Waals surface area contributed by atoms with Crippen LogP contribution in [-0.4, -0.2) is 35.9 Å². The van der Waals surface area contributed by atoms with E-state index in [9.17, 15) is 0 Å². The number of pyridine rings is 2. The van der Waals surface area contributed by atoms with Gasteiger partial charge >= 0.3 is 0 Å². The number of halogens is 1. The maximum Gasteiger partial charge on any atom is 0.221 e. The fraction of sp³-hybridized carbons (Fsp3) is 0.240. The van der Waals surface area contributed by atoms with Crippen LogP contribution in [0.1, 0.15) is 28.1 Å². The summed E-state index contributed by atoms with van der Waals surface area (Å²) in [5, 5.41) is 0.699. The Kier molecular flexibility index (Phi) is 5.19. The molecule has 0 atom stereocenters. The van der Waals surface area contributed by atoms with E-state index in [0.29, 0.717) is 5.02 Å². The van der Waals surface area contributed by atoms with Crippen LogP contribution < -0.4 is 0 Å². The predicted molar refractivity (Wildman–Crippen MR) is 128 cm³/mol. The fourth-order valence-electron chi connectivity index (χ4n) is 4.47. The van der Waals surface area contributed by atoms with Crippen molar-refractivity contribution in [3.8, 4) is 5.69 Å². The Balaban J connectivity index is 1.68. The zero-order chi connectivity index (χ0) is 22.4. The molecule has 0 amide bonds. The Hall–Kier alpha value is -3.22. The van der Waals surface area contributed by atoms with E-state index in [1.165, 1.54) is 5.56 Å². The smallest absolute Gasteiger partial charge is 0.221 e. The van der Waals surface area contributed by atoms with Crippen molar-refractivity contribution in [1.29, 1.82) is 0 Å². The first-order chi connectivity index (χ1) is 15.4. The van der Waals surface area contributed by atoms with Crippen LogP contribution in [0.3, 0.4) is 0 Å². The van der Waals surface area contributed by atoms with Crippen LogP contribution in [0, 0.1) is 20.8 Å². The lowest BCUT2D eigenvalue weighted by atomic mass is 10.1. The van der Waals surface area contributed by atoms with E-state index in [1.54, 1.807) is 0 Å². The molecule has 1 aromatic carbocycles. The highest BCUT2D eigenvalue weighted by Gasteiger charge is 2.23. The van der Waals surface area contributed by atoms with Gasteiger partial charge in [0, 0.05) is 31.7 Å². The number of benzene rings is 1. The summed E-state index contributed by atoms with van der Waals surface area (Å²) in [7, 11) is 2.12. The zero-order valence-electron chi connectivity index (χ0n) is 18.7. The molecule has 0 saturated carbocycles. The van der Waals surface area contributed by atoms with Gasteiger partial charge in [0.25, 0.3) is 0 Å². The normalized spacial score (nSPS) is 11.8. The van der Waals surface area contributed by atoms with Crippen molar-refractivity contribution < 1.29 is 0 Å². The molecule has 7 heteroatoms. The molecule has 0 aliphatic carbocycles. The molecule has 5 aromatic rings. The van der Waals surface area contributed by atoms with Gasteiger partial charge in [-0.25, -0.2) is 9.97 Å². The molecule has 0 radical (unpaired) electrons. The lowest BCUT2D eigenvalue weighted by Crippen LogP contribution is -2.18. The minimum absolute atomic E-state index is 0.699. The standard InChI is InChI=1S/C25H25ClN6/c1-16-12-17(2)23(20(26)13-16)32-24-21(6-5-9-28-24)31-22(18(3)29-25(31)32)15-30(4)14-19-7-10-27-11-8-19/h5-13H,14-15H2,1-4H3. The molecular weight excluding hydrogens is 420 g/mol. The number of rotatable bonds is 5. The molecule has 0 saturated heterocycles. The van der Waals surface area contributed by atoms with Crippen molar-refractivity contribution in [3.63, 3.8) is 0 Å². The van der Waals surface area contributed by atoms with Crippen LogP contribution in [-0.2, 0) is 13.1 Å². The minimum atomic E-state index is 0.699. The van der Waals surface area contributed by atoms with Crippen LogP contribution in [0.4, 0.5) is 0 Å². The molecule has 0 fully saturated rings. The molecule has 162 valence electrons. The van der Waals surface area contributed by atoms with Crippen molar-refractivity contribution in [2.24, 2.45) is 0 Å². The second-order valence-electron chi connectivity index (χ2n) is 8.40. The second kappa shape index (κ2) is 8.04. The van der Waals surface area contributed by atoms with Gasteiger partial charge in [0.15, 0.2) is 5.65 Å². The molecule has 32 heavy (non-hydrogen) atoms. The van der Waals surface area contributed by atoms with Crippen LogP contribution in [0.15, 0.2) is 55.0 Å². The van der Waals surface area contributed by atoms with E-state index in [1.807, 2.05) is 42.9 Å². The second-order valence-corrected chi connectivity index (χ2v) is 8.81. The highest BCUT2D eigenvalue weighted by atomic mass is 35.5. The van der Waals surface area contributed by atoms with Gasteiger partial charge in [0.05, 0.1) is 27.6 Å². The highest BCUT2D eigenvalue weighted by Crippen LogP contribution is 2.33. The van der Waals surface area contributed by atoms with Gasteiger partial charge in [-0.2, -0.15) is 0 Å². The Bertz CT molecular complexity index is 1410. The quantitative estimate of drug-likeness (QED) is 0.370. The van der Waals surface area contributed by atoms with Crippen molar-refractivity contribution in [2.45, 2.75) is 33.9 Å². The number of imidazole rings is 2. The van der Waals surface area contributed by atoms with Gasteiger partial charge in [-0.3, -0.25) is 18.9 Å². The third kappa shape index (κ3) is 3.45. The molecule has 0 aliphatic heterocycles. The van der Waals surface area contributed by atoms with Gasteiger partial charge in [0.2, 0.25) is 5.78 Å². The molecule has 0 unspecified atom stereocenters. The largest absolute Gasteiger partial charge is 0.296 e. The first kappa shape index (κ1) is 20.7. The van der Waals surface area contributed by atoms with Crippen molar-refractivity contribution >= 4 is 28.5 Å². The third-order valence-corrected chi connectivity index (χ3v) is 6.11. The summed E-state index contributed by atoms with van der Waals surface area (Å²) in [5.74, 6) is 0.831. The van der Waals surface area contributed by atoms with Gasteiger partial charge < -0.3 is 0 Å². The molecule has 6 nitrogen and oxygen atoms in total. The van der Waals surface area contributed by atoms with Crippen LogP contribution in [0.25, 0.3) is 22.6 Å². The first-order valence-corrected chi connectivity index (χ1v) is 11.0. The molecular formula is C25H25ClN6. The zero-order valence-corrected chi connectivity index (χ0v) is 19.4. The van der Waals surface area contributed by atoms with Crippen molar-refractivity contribution in [2.75, 3.05) is 7.05 Å². The monoisotopic (exact) mass is 444 g/mol. The number of aryl methyl sites for hydroxylation is 3. The number of fused-ring (bicyclic) bond motifs is 3. The summed E-state index contributed by atoms with van der Waals surface area (Å²) in [6.07, 6.45) is 5.48. The molecule has 0 bridgehead atoms. The fourth-order valence-corrected chi connectivity index (χ4v) is 4.88. The van der Waals surface area contributed by atoms with Gasteiger partial charge in [-0.05, 0) is 74.8 Å². The number of aromatic nitrogens is 5. The lowest BCUT2D eigenvalue weighted by Gasteiger charge is -2.16. The average molecular weight is 445 g/mol. The van der Waals surface area contributed by atoms with E-state index < -0.39 is 0 Å². The van der Waals surface area contributed by atoms with Crippen LogP contribution in [0.5, 0.6) is 0 Å². The Labute approximate surface area is 192 Å². The molecule has 5 rings (SSSR count). The summed E-state index contributed by atoms with van der Waals surface area (Å²) in [6.45, 7) is 7.79. The van der Waals surface area contributed by atoms with Gasteiger partial charge in [-0.15, -0.1) is 0 Å². The van der Waals surface area contributed by atoms with E-state index in [0.717, 1.165) is 58.2 Å². The van der Waals surface area contributed by atoms with Crippen molar-refractivity contribution in [1.82, 2.24) is 28.8 Å². The molecule has 4 aromatic heterocycles. The van der Waals surface area contributed by atoms with E-state index in [2.05, 4.69) is 58.8 Å². The van der Waals surface area contributed by atoms with Gasteiger partial charge in [-0.1, -0.05) is 17.7 Å². The number of hydrogen-bond acceptors (Lipinski definition) is 4. The van der Waals surface area contributed by atoms with Gasteiger partial charge in [0.1, 0.15) is 0 Å². The van der Waals surface area contributed by atoms with Crippen LogP contribution in [0.2, 0.25) is 5.02 Å². The summed E-state index contributed by atoms with van der Waals surface area (Å²) in [4.78, 5) is 16.1.